The number of benzene rings is 1. The van der Waals surface area contributed by atoms with Gasteiger partial charge < -0.3 is 5.32 Å². The summed E-state index contributed by atoms with van der Waals surface area (Å²) in [6, 6.07) is 9.29. The van der Waals surface area contributed by atoms with Crippen molar-refractivity contribution >= 4 is 23.8 Å². The molecule has 0 aromatic heterocycles. The SMILES string of the molecule is CC(=O)NCCC(=O)NC(=O)/C=C/c1ccccc1. The molecule has 0 saturated heterocycles. The molecule has 0 heterocycles. The highest BCUT2D eigenvalue weighted by molar-refractivity contribution is 6.02. The quantitative estimate of drug-likeness (QED) is 0.771. The molecule has 0 spiro atoms. The molecule has 100 valence electrons. The van der Waals surface area contributed by atoms with Gasteiger partial charge >= 0.3 is 0 Å². The molecule has 1 rings (SSSR count). The molecule has 1 aromatic carbocycles. The van der Waals surface area contributed by atoms with E-state index in [1.165, 1.54) is 13.0 Å². The van der Waals surface area contributed by atoms with Crippen LogP contribution in [-0.4, -0.2) is 24.3 Å². The van der Waals surface area contributed by atoms with Crippen LogP contribution >= 0.6 is 0 Å². The van der Waals surface area contributed by atoms with Gasteiger partial charge in [0, 0.05) is 26.0 Å². The van der Waals surface area contributed by atoms with E-state index in [9.17, 15) is 14.4 Å². The Morgan fingerprint density at radius 1 is 1.16 bits per heavy atom. The zero-order chi connectivity index (χ0) is 14.1. The topological polar surface area (TPSA) is 75.3 Å². The molecule has 0 saturated carbocycles. The van der Waals surface area contributed by atoms with Crippen LogP contribution in [0.15, 0.2) is 36.4 Å². The van der Waals surface area contributed by atoms with Crippen molar-refractivity contribution in [1.29, 1.82) is 0 Å². The van der Waals surface area contributed by atoms with Gasteiger partial charge in [-0.05, 0) is 11.6 Å². The Balaban J connectivity index is 2.33. The van der Waals surface area contributed by atoms with Gasteiger partial charge in [-0.2, -0.15) is 0 Å². The van der Waals surface area contributed by atoms with Gasteiger partial charge in [-0.1, -0.05) is 30.3 Å². The third kappa shape index (κ3) is 6.78. The van der Waals surface area contributed by atoms with E-state index in [1.54, 1.807) is 6.08 Å². The first-order chi connectivity index (χ1) is 9.08. The second kappa shape index (κ2) is 7.81. The minimum absolute atomic E-state index is 0.0739. The molecule has 0 aliphatic heterocycles. The van der Waals surface area contributed by atoms with E-state index in [2.05, 4.69) is 10.6 Å². The van der Waals surface area contributed by atoms with E-state index in [0.717, 1.165) is 5.56 Å². The molecule has 1 aromatic rings. The zero-order valence-corrected chi connectivity index (χ0v) is 10.7. The minimum Gasteiger partial charge on any atom is -0.356 e. The maximum absolute atomic E-state index is 11.4. The second-order valence-corrected chi connectivity index (χ2v) is 3.89. The predicted molar refractivity (Wildman–Crippen MR) is 71.9 cm³/mol. The van der Waals surface area contributed by atoms with Crippen LogP contribution < -0.4 is 10.6 Å². The number of hydrogen-bond acceptors (Lipinski definition) is 3. The zero-order valence-electron chi connectivity index (χ0n) is 10.7. The first-order valence-electron chi connectivity index (χ1n) is 5.89. The van der Waals surface area contributed by atoms with E-state index in [0.29, 0.717) is 0 Å². The summed E-state index contributed by atoms with van der Waals surface area (Å²) in [5.74, 6) is -1.10. The number of rotatable bonds is 5. The molecule has 0 aliphatic rings. The normalized spacial score (nSPS) is 10.2. The largest absolute Gasteiger partial charge is 0.356 e. The Morgan fingerprint density at radius 3 is 2.47 bits per heavy atom. The summed E-state index contributed by atoms with van der Waals surface area (Å²) in [6.45, 7) is 1.59. The molecule has 0 bridgehead atoms. The van der Waals surface area contributed by atoms with Crippen molar-refractivity contribution in [3.8, 4) is 0 Å². The lowest BCUT2D eigenvalue weighted by atomic mass is 10.2. The summed E-state index contributed by atoms with van der Waals surface area (Å²) >= 11 is 0. The lowest BCUT2D eigenvalue weighted by Gasteiger charge is -2.02. The number of carbonyl (C=O) groups excluding carboxylic acids is 3. The van der Waals surface area contributed by atoms with E-state index in [-0.39, 0.29) is 18.9 Å². The number of nitrogens with one attached hydrogen (secondary N) is 2. The Bertz CT molecular complexity index is 481. The van der Waals surface area contributed by atoms with E-state index in [1.807, 2.05) is 30.3 Å². The highest BCUT2D eigenvalue weighted by atomic mass is 16.2. The molecule has 0 radical (unpaired) electrons. The van der Waals surface area contributed by atoms with Crippen LogP contribution in [0.5, 0.6) is 0 Å². The van der Waals surface area contributed by atoms with Crippen LogP contribution in [0.25, 0.3) is 6.08 Å². The average molecular weight is 260 g/mol. The van der Waals surface area contributed by atoms with Crippen LogP contribution in [0.2, 0.25) is 0 Å². The highest BCUT2D eigenvalue weighted by Gasteiger charge is 2.04. The second-order valence-electron chi connectivity index (χ2n) is 3.89. The van der Waals surface area contributed by atoms with Gasteiger partial charge in [0.2, 0.25) is 11.8 Å². The van der Waals surface area contributed by atoms with E-state index >= 15 is 0 Å². The number of imide groups is 1. The fourth-order valence-corrected chi connectivity index (χ4v) is 1.33. The number of hydrogen-bond donors (Lipinski definition) is 2. The Kier molecular flexibility index (Phi) is 6.02. The van der Waals surface area contributed by atoms with Gasteiger partial charge in [0.1, 0.15) is 0 Å². The average Bonchev–Trinajstić information content (AvgIpc) is 2.37. The van der Waals surface area contributed by atoms with Gasteiger partial charge in [0.25, 0.3) is 5.91 Å². The number of carbonyl (C=O) groups is 3. The van der Waals surface area contributed by atoms with Crippen molar-refractivity contribution in [2.45, 2.75) is 13.3 Å². The first-order valence-corrected chi connectivity index (χ1v) is 5.89. The maximum atomic E-state index is 11.4. The lowest BCUT2D eigenvalue weighted by molar-refractivity contribution is -0.127. The Labute approximate surface area is 111 Å². The Hall–Kier alpha value is -2.43. The smallest absolute Gasteiger partial charge is 0.250 e. The first kappa shape index (κ1) is 14.6. The van der Waals surface area contributed by atoms with E-state index < -0.39 is 11.8 Å². The molecule has 5 nitrogen and oxygen atoms in total. The predicted octanol–water partition coefficient (Wildman–Crippen LogP) is 0.869. The monoisotopic (exact) mass is 260 g/mol. The van der Waals surface area contributed by atoms with Crippen molar-refractivity contribution in [3.63, 3.8) is 0 Å². The fourth-order valence-electron chi connectivity index (χ4n) is 1.33. The molecular formula is C14H16N2O3. The summed E-state index contributed by atoms with van der Waals surface area (Å²) in [6.07, 6.45) is 2.99. The molecule has 3 amide bonds. The van der Waals surface area contributed by atoms with Crippen molar-refractivity contribution in [1.82, 2.24) is 10.6 Å². The summed E-state index contributed by atoms with van der Waals surface area (Å²) in [4.78, 5) is 33.3. The standard InChI is InChI=1S/C14H16N2O3/c1-11(17)15-10-9-14(19)16-13(18)8-7-12-5-3-2-4-6-12/h2-8H,9-10H2,1H3,(H,15,17)(H,16,18,19)/b8-7+. The number of amides is 3. The van der Waals surface area contributed by atoms with Gasteiger partial charge in [0.15, 0.2) is 0 Å². The molecule has 0 aliphatic carbocycles. The molecule has 0 unspecified atom stereocenters. The summed E-state index contributed by atoms with van der Waals surface area (Å²) in [7, 11) is 0. The molecule has 0 atom stereocenters. The highest BCUT2D eigenvalue weighted by Crippen LogP contribution is 2.00. The van der Waals surface area contributed by atoms with E-state index in [4.69, 9.17) is 0 Å². The van der Waals surface area contributed by atoms with Gasteiger partial charge in [-0.3, -0.25) is 19.7 Å². The van der Waals surface area contributed by atoms with Crippen molar-refractivity contribution < 1.29 is 14.4 Å². The van der Waals surface area contributed by atoms with Crippen LogP contribution in [0.3, 0.4) is 0 Å². The maximum Gasteiger partial charge on any atom is 0.250 e. The third-order valence-corrected chi connectivity index (χ3v) is 2.22. The van der Waals surface area contributed by atoms with Gasteiger partial charge in [-0.25, -0.2) is 0 Å². The van der Waals surface area contributed by atoms with Crippen LogP contribution in [-0.2, 0) is 14.4 Å². The van der Waals surface area contributed by atoms with Crippen molar-refractivity contribution in [2.75, 3.05) is 6.54 Å². The van der Waals surface area contributed by atoms with Crippen molar-refractivity contribution in [2.24, 2.45) is 0 Å². The third-order valence-electron chi connectivity index (χ3n) is 2.22. The van der Waals surface area contributed by atoms with Crippen LogP contribution in [0.4, 0.5) is 0 Å². The van der Waals surface area contributed by atoms with Crippen molar-refractivity contribution in [3.05, 3.63) is 42.0 Å². The van der Waals surface area contributed by atoms with Gasteiger partial charge in [0.05, 0.1) is 0 Å². The van der Waals surface area contributed by atoms with Gasteiger partial charge in [-0.15, -0.1) is 0 Å². The molecule has 19 heavy (non-hydrogen) atoms. The molecule has 0 fully saturated rings. The summed E-state index contributed by atoms with van der Waals surface area (Å²) in [5, 5.41) is 4.69. The molecular weight excluding hydrogens is 244 g/mol. The molecule has 5 heteroatoms. The summed E-state index contributed by atoms with van der Waals surface area (Å²) < 4.78 is 0. The minimum atomic E-state index is -0.475. The Morgan fingerprint density at radius 2 is 1.84 bits per heavy atom. The summed E-state index contributed by atoms with van der Waals surface area (Å²) in [5.41, 5.74) is 0.878. The van der Waals surface area contributed by atoms with Crippen LogP contribution in [0.1, 0.15) is 18.9 Å². The fraction of sp³-hybridized carbons (Fsp3) is 0.214. The van der Waals surface area contributed by atoms with Crippen LogP contribution in [0, 0.1) is 0 Å². The molecule has 2 N–H and O–H groups in total. The lowest BCUT2D eigenvalue weighted by Crippen LogP contribution is -2.32.